The van der Waals surface area contributed by atoms with Crippen LogP contribution in [0.2, 0.25) is 0 Å². The second-order valence-corrected chi connectivity index (χ2v) is 6.42. The maximum atomic E-state index is 11.8. The summed E-state index contributed by atoms with van der Waals surface area (Å²) in [6.45, 7) is 4.49. The van der Waals surface area contributed by atoms with Crippen molar-refractivity contribution in [1.29, 1.82) is 0 Å². The minimum absolute atomic E-state index is 0.0124. The third kappa shape index (κ3) is 3.63. The molecule has 1 atom stereocenters. The molecule has 0 aromatic heterocycles. The highest BCUT2D eigenvalue weighted by atomic mass is 32.2. The number of hydrazine groups is 1. The average Bonchev–Trinajstić information content (AvgIpc) is 2.20. The van der Waals surface area contributed by atoms with E-state index in [-0.39, 0.29) is 4.99 Å². The molecule has 0 aromatic rings. The van der Waals surface area contributed by atoms with Crippen LogP contribution in [0.5, 0.6) is 0 Å². The van der Waals surface area contributed by atoms with Gasteiger partial charge in [-0.2, -0.15) is 0 Å². The highest BCUT2D eigenvalue weighted by Crippen LogP contribution is 2.02. The van der Waals surface area contributed by atoms with E-state index in [2.05, 4.69) is 21.9 Å². The summed E-state index contributed by atoms with van der Waals surface area (Å²) in [5, 5.41) is 0.839. The van der Waals surface area contributed by atoms with Gasteiger partial charge in [-0.1, -0.05) is 12.2 Å². The molecule has 0 aromatic carbocycles. The van der Waals surface area contributed by atoms with Gasteiger partial charge in [0.1, 0.15) is 5.25 Å². The predicted molar refractivity (Wildman–Crippen MR) is 67.4 cm³/mol. The Labute approximate surface area is 102 Å². The molecule has 1 saturated heterocycles. The number of nitrogens with two attached hydrogens (primary N) is 1. The van der Waals surface area contributed by atoms with Gasteiger partial charge < -0.3 is 10.6 Å². The van der Waals surface area contributed by atoms with Gasteiger partial charge in [0.05, 0.1) is 4.99 Å². The molecule has 0 spiro atoms. The summed E-state index contributed by atoms with van der Waals surface area (Å²) < 4.78 is 23.6. The fourth-order valence-corrected chi connectivity index (χ4v) is 2.70. The SMILES string of the molecule is CC(C(N)=S)S(=O)(=O)NN1CCN(C)CC1. The summed E-state index contributed by atoms with van der Waals surface area (Å²) in [6, 6.07) is 0. The first-order valence-corrected chi connectivity index (χ1v) is 7.02. The fourth-order valence-electron chi connectivity index (χ4n) is 1.31. The van der Waals surface area contributed by atoms with Crippen LogP contribution in [-0.4, -0.2) is 61.8 Å². The van der Waals surface area contributed by atoms with Crippen molar-refractivity contribution in [1.82, 2.24) is 14.7 Å². The van der Waals surface area contributed by atoms with Crippen molar-refractivity contribution in [3.05, 3.63) is 0 Å². The van der Waals surface area contributed by atoms with Crippen LogP contribution < -0.4 is 10.6 Å². The second-order valence-electron chi connectivity index (χ2n) is 3.97. The van der Waals surface area contributed by atoms with Crippen LogP contribution >= 0.6 is 12.2 Å². The molecule has 0 radical (unpaired) electrons. The highest BCUT2D eigenvalue weighted by molar-refractivity contribution is 7.92. The standard InChI is InChI=1S/C8H18N4O2S2/c1-7(8(9)15)16(13,14)10-12-5-3-11(2)4-6-12/h7,10H,3-6H2,1-2H3,(H2,9,15). The molecule has 94 valence electrons. The lowest BCUT2D eigenvalue weighted by molar-refractivity contribution is 0.134. The van der Waals surface area contributed by atoms with E-state index < -0.39 is 15.3 Å². The van der Waals surface area contributed by atoms with E-state index in [1.165, 1.54) is 6.92 Å². The molecule has 0 bridgehead atoms. The van der Waals surface area contributed by atoms with E-state index in [1.807, 2.05) is 7.05 Å². The van der Waals surface area contributed by atoms with Gasteiger partial charge in [0.2, 0.25) is 10.0 Å². The van der Waals surface area contributed by atoms with Crippen molar-refractivity contribution in [2.24, 2.45) is 5.73 Å². The van der Waals surface area contributed by atoms with Crippen molar-refractivity contribution in [2.45, 2.75) is 12.2 Å². The van der Waals surface area contributed by atoms with E-state index >= 15 is 0 Å². The van der Waals surface area contributed by atoms with Crippen LogP contribution in [0, 0.1) is 0 Å². The normalized spacial score (nSPS) is 21.9. The zero-order valence-electron chi connectivity index (χ0n) is 9.51. The molecule has 1 fully saturated rings. The third-order valence-corrected chi connectivity index (χ3v) is 4.83. The first kappa shape index (κ1) is 13.8. The molecule has 0 saturated carbocycles. The Balaban J connectivity index is 2.56. The van der Waals surface area contributed by atoms with Crippen LogP contribution in [0.4, 0.5) is 0 Å². The van der Waals surface area contributed by atoms with Crippen LogP contribution in [-0.2, 0) is 10.0 Å². The number of sulfonamides is 1. The first-order valence-electron chi connectivity index (χ1n) is 5.07. The van der Waals surface area contributed by atoms with Gasteiger partial charge in [-0.25, -0.2) is 13.4 Å². The molecule has 1 aliphatic rings. The minimum atomic E-state index is -3.49. The molecule has 16 heavy (non-hydrogen) atoms. The number of rotatable bonds is 4. The smallest absolute Gasteiger partial charge is 0.233 e. The van der Waals surface area contributed by atoms with Crippen molar-refractivity contribution in [3.63, 3.8) is 0 Å². The second kappa shape index (κ2) is 5.37. The monoisotopic (exact) mass is 266 g/mol. The zero-order chi connectivity index (χ0) is 12.3. The third-order valence-electron chi connectivity index (χ3n) is 2.63. The van der Waals surface area contributed by atoms with E-state index in [4.69, 9.17) is 5.73 Å². The Hall–Kier alpha value is -0.280. The number of nitrogens with one attached hydrogen (secondary N) is 1. The van der Waals surface area contributed by atoms with Gasteiger partial charge in [0.15, 0.2) is 0 Å². The maximum absolute atomic E-state index is 11.8. The number of piperazine rings is 1. The van der Waals surface area contributed by atoms with Crippen molar-refractivity contribution >= 4 is 27.2 Å². The zero-order valence-corrected chi connectivity index (χ0v) is 11.1. The summed E-state index contributed by atoms with van der Waals surface area (Å²) in [5.74, 6) is 0. The summed E-state index contributed by atoms with van der Waals surface area (Å²) in [7, 11) is -1.48. The van der Waals surface area contributed by atoms with Gasteiger partial charge in [0, 0.05) is 26.2 Å². The summed E-state index contributed by atoms with van der Waals surface area (Å²) in [6.07, 6.45) is 0. The summed E-state index contributed by atoms with van der Waals surface area (Å²) in [4.78, 5) is 4.64. The first-order chi connectivity index (χ1) is 7.33. The van der Waals surface area contributed by atoms with Gasteiger partial charge >= 0.3 is 0 Å². The van der Waals surface area contributed by atoms with Gasteiger partial charge in [-0.15, -0.1) is 4.83 Å². The fraction of sp³-hybridized carbons (Fsp3) is 0.875. The Morgan fingerprint density at radius 3 is 2.31 bits per heavy atom. The Morgan fingerprint density at radius 1 is 1.38 bits per heavy atom. The van der Waals surface area contributed by atoms with Gasteiger partial charge in [-0.3, -0.25) is 0 Å². The van der Waals surface area contributed by atoms with Crippen molar-refractivity contribution < 1.29 is 8.42 Å². The van der Waals surface area contributed by atoms with Gasteiger partial charge in [-0.05, 0) is 14.0 Å². The average molecular weight is 266 g/mol. The summed E-state index contributed by atoms with van der Waals surface area (Å²) >= 11 is 4.68. The van der Waals surface area contributed by atoms with E-state index in [0.717, 1.165) is 13.1 Å². The van der Waals surface area contributed by atoms with Gasteiger partial charge in [0.25, 0.3) is 0 Å². The number of hydrogen-bond acceptors (Lipinski definition) is 5. The molecular formula is C8H18N4O2S2. The quantitative estimate of drug-likeness (QED) is 0.619. The molecule has 8 heteroatoms. The highest BCUT2D eigenvalue weighted by Gasteiger charge is 2.26. The number of nitrogens with zero attached hydrogens (tertiary/aromatic N) is 2. The maximum Gasteiger partial charge on any atom is 0.233 e. The number of hydrogen-bond donors (Lipinski definition) is 2. The minimum Gasteiger partial charge on any atom is -0.392 e. The molecule has 1 heterocycles. The molecular weight excluding hydrogens is 248 g/mol. The number of likely N-dealkylation sites (N-methyl/N-ethyl adjacent to an activating group) is 1. The van der Waals surface area contributed by atoms with Crippen molar-refractivity contribution in [3.8, 4) is 0 Å². The van der Waals surface area contributed by atoms with E-state index in [1.54, 1.807) is 5.01 Å². The summed E-state index contributed by atoms with van der Waals surface area (Å²) in [5.41, 5.74) is 5.33. The van der Waals surface area contributed by atoms with E-state index in [9.17, 15) is 8.42 Å². The molecule has 1 rings (SSSR count). The van der Waals surface area contributed by atoms with Crippen molar-refractivity contribution in [2.75, 3.05) is 33.2 Å². The molecule has 3 N–H and O–H groups in total. The van der Waals surface area contributed by atoms with Crippen LogP contribution in [0.15, 0.2) is 0 Å². The largest absolute Gasteiger partial charge is 0.392 e. The number of thiocarbonyl (C=S) groups is 1. The Kier molecular flexibility index (Phi) is 4.62. The molecule has 6 nitrogen and oxygen atoms in total. The van der Waals surface area contributed by atoms with Crippen LogP contribution in [0.25, 0.3) is 0 Å². The molecule has 0 amide bonds. The van der Waals surface area contributed by atoms with E-state index in [0.29, 0.717) is 13.1 Å². The molecule has 0 aliphatic carbocycles. The van der Waals surface area contributed by atoms with Crippen LogP contribution in [0.1, 0.15) is 6.92 Å². The van der Waals surface area contributed by atoms with Crippen LogP contribution in [0.3, 0.4) is 0 Å². The lowest BCUT2D eigenvalue weighted by atomic mass is 10.4. The Bertz CT molecular complexity index is 349. The lowest BCUT2D eigenvalue weighted by Crippen LogP contribution is -2.55. The Morgan fingerprint density at radius 2 is 1.88 bits per heavy atom. The topological polar surface area (TPSA) is 78.7 Å². The molecule has 1 aliphatic heterocycles. The molecule has 1 unspecified atom stereocenters. The lowest BCUT2D eigenvalue weighted by Gasteiger charge is -2.32. The predicted octanol–water partition coefficient (Wildman–Crippen LogP) is -1.26.